The Labute approximate surface area is 118 Å². The maximum Gasteiger partial charge on any atom is 0.312 e. The molecule has 3 nitrogen and oxygen atoms in total. The van der Waals surface area contributed by atoms with Gasteiger partial charge in [0, 0.05) is 11.8 Å². The van der Waals surface area contributed by atoms with Crippen LogP contribution in [0.25, 0.3) is 0 Å². The Kier molecular flexibility index (Phi) is 5.38. The Morgan fingerprint density at radius 3 is 1.68 bits per heavy atom. The first-order chi connectivity index (χ1) is 8.18. The Morgan fingerprint density at radius 2 is 1.37 bits per heavy atom. The molecule has 0 bridgehead atoms. The lowest BCUT2D eigenvalue weighted by molar-refractivity contribution is -0.169. The first-order valence-corrected chi connectivity index (χ1v) is 6.94. The average molecular weight is 270 g/mol. The molecule has 1 unspecified atom stereocenters. The molecule has 0 N–H and O–H groups in total. The lowest BCUT2D eigenvalue weighted by Crippen LogP contribution is -2.39. The van der Waals surface area contributed by atoms with E-state index in [1.165, 1.54) is 0 Å². The van der Waals surface area contributed by atoms with Crippen molar-refractivity contribution in [3.63, 3.8) is 0 Å². The van der Waals surface area contributed by atoms with Crippen molar-refractivity contribution in [3.05, 3.63) is 0 Å². The normalized spacial score (nSPS) is 15.0. The maximum absolute atomic E-state index is 12.2. The predicted octanol–water partition coefficient (Wildman–Crippen LogP) is 4.00. The van der Waals surface area contributed by atoms with Gasteiger partial charge >= 0.3 is 5.97 Å². The Bertz CT molecular complexity index is 340. The van der Waals surface area contributed by atoms with Gasteiger partial charge in [0.15, 0.2) is 0 Å². The van der Waals surface area contributed by atoms with Gasteiger partial charge in [0.2, 0.25) is 0 Å². The van der Waals surface area contributed by atoms with Crippen LogP contribution >= 0.6 is 0 Å². The van der Waals surface area contributed by atoms with Crippen LogP contribution in [0.5, 0.6) is 0 Å². The van der Waals surface area contributed by atoms with Crippen molar-refractivity contribution in [2.24, 2.45) is 16.7 Å². The maximum atomic E-state index is 12.2. The molecule has 0 fully saturated rings. The van der Waals surface area contributed by atoms with Crippen molar-refractivity contribution in [3.8, 4) is 0 Å². The number of hydrogen-bond donors (Lipinski definition) is 0. The van der Waals surface area contributed by atoms with E-state index in [4.69, 9.17) is 4.74 Å². The van der Waals surface area contributed by atoms with Crippen molar-refractivity contribution in [2.45, 2.75) is 74.3 Å². The van der Waals surface area contributed by atoms with E-state index in [0.29, 0.717) is 6.42 Å². The van der Waals surface area contributed by atoms with Crippen molar-refractivity contribution < 1.29 is 14.3 Å². The van der Waals surface area contributed by atoms with Crippen molar-refractivity contribution >= 4 is 11.8 Å². The monoisotopic (exact) mass is 270 g/mol. The topological polar surface area (TPSA) is 43.4 Å². The zero-order chi connectivity index (χ0) is 15.6. The molecule has 0 aromatic rings. The fourth-order valence-electron chi connectivity index (χ4n) is 1.45. The number of ether oxygens (including phenoxy) is 1. The zero-order valence-corrected chi connectivity index (χ0v) is 14.0. The van der Waals surface area contributed by atoms with Gasteiger partial charge in [0.05, 0.1) is 5.41 Å². The van der Waals surface area contributed by atoms with Crippen molar-refractivity contribution in [1.29, 1.82) is 0 Å². The van der Waals surface area contributed by atoms with Gasteiger partial charge in [-0.05, 0) is 40.5 Å². The van der Waals surface area contributed by atoms with Gasteiger partial charge in [-0.25, -0.2) is 0 Å². The fraction of sp³-hybridized carbons (Fsp3) is 0.875. The summed E-state index contributed by atoms with van der Waals surface area (Å²) in [6, 6.07) is 0. The highest BCUT2D eigenvalue weighted by atomic mass is 16.6. The molecule has 0 spiro atoms. The molecule has 0 amide bonds. The standard InChI is InChI=1S/C16H30O3/c1-11(10-12(17)14(2,3)4)16(8,9)13(18)19-15(5,6)7/h11H,10H2,1-9H3. The molecule has 1 atom stereocenters. The molecular weight excluding hydrogens is 240 g/mol. The van der Waals surface area contributed by atoms with E-state index in [-0.39, 0.29) is 23.1 Å². The van der Waals surface area contributed by atoms with E-state index < -0.39 is 11.0 Å². The second-order valence-electron chi connectivity index (χ2n) is 8.00. The van der Waals surface area contributed by atoms with Crippen LogP contribution < -0.4 is 0 Å². The first kappa shape index (κ1) is 18.1. The predicted molar refractivity (Wildman–Crippen MR) is 77.9 cm³/mol. The second kappa shape index (κ2) is 5.64. The summed E-state index contributed by atoms with van der Waals surface area (Å²) in [5.41, 5.74) is -1.52. The smallest absolute Gasteiger partial charge is 0.312 e. The quantitative estimate of drug-likeness (QED) is 0.725. The van der Waals surface area contributed by atoms with Crippen LogP contribution in [-0.4, -0.2) is 17.4 Å². The molecular formula is C16H30O3. The van der Waals surface area contributed by atoms with Gasteiger partial charge < -0.3 is 4.74 Å². The SMILES string of the molecule is CC(CC(=O)C(C)(C)C)C(C)(C)C(=O)OC(C)(C)C. The molecule has 112 valence electrons. The zero-order valence-electron chi connectivity index (χ0n) is 14.0. The molecule has 0 aliphatic rings. The number of Topliss-reactive ketones (excluding diaryl/α,β-unsaturated/α-hetero) is 1. The lowest BCUT2D eigenvalue weighted by atomic mass is 9.74. The van der Waals surface area contributed by atoms with Crippen molar-refractivity contribution in [2.75, 3.05) is 0 Å². The number of carbonyl (C=O) groups excluding carboxylic acids is 2. The third-order valence-electron chi connectivity index (χ3n) is 3.49. The van der Waals surface area contributed by atoms with E-state index in [2.05, 4.69) is 0 Å². The largest absolute Gasteiger partial charge is 0.460 e. The summed E-state index contributed by atoms with van der Waals surface area (Å²) in [5, 5.41) is 0. The van der Waals surface area contributed by atoms with Gasteiger partial charge in [0.25, 0.3) is 0 Å². The van der Waals surface area contributed by atoms with Crippen LogP contribution in [0.4, 0.5) is 0 Å². The van der Waals surface area contributed by atoms with E-state index in [1.807, 2.05) is 62.3 Å². The average Bonchev–Trinajstić information content (AvgIpc) is 2.12. The summed E-state index contributed by atoms with van der Waals surface area (Å²) in [6.45, 7) is 16.9. The van der Waals surface area contributed by atoms with Gasteiger partial charge in [-0.1, -0.05) is 27.7 Å². The van der Waals surface area contributed by atoms with E-state index in [1.54, 1.807) is 0 Å². The summed E-state index contributed by atoms with van der Waals surface area (Å²) >= 11 is 0. The van der Waals surface area contributed by atoms with Gasteiger partial charge in [-0.2, -0.15) is 0 Å². The Morgan fingerprint density at radius 1 is 0.947 bits per heavy atom. The summed E-state index contributed by atoms with van der Waals surface area (Å²) in [7, 11) is 0. The minimum absolute atomic E-state index is 0.0472. The minimum Gasteiger partial charge on any atom is -0.460 e. The molecule has 3 heteroatoms. The highest BCUT2D eigenvalue weighted by Gasteiger charge is 2.39. The van der Waals surface area contributed by atoms with Crippen LogP contribution in [0.2, 0.25) is 0 Å². The number of esters is 1. The molecule has 19 heavy (non-hydrogen) atoms. The number of rotatable bonds is 4. The Balaban J connectivity index is 4.82. The molecule has 0 aliphatic heterocycles. The van der Waals surface area contributed by atoms with Crippen LogP contribution in [0, 0.1) is 16.7 Å². The molecule has 0 aromatic heterocycles. The minimum atomic E-state index is -0.659. The molecule has 0 aromatic carbocycles. The molecule has 0 radical (unpaired) electrons. The third-order valence-corrected chi connectivity index (χ3v) is 3.49. The molecule has 0 rings (SSSR count). The molecule has 0 aliphatic carbocycles. The highest BCUT2D eigenvalue weighted by molar-refractivity contribution is 5.85. The fourth-order valence-corrected chi connectivity index (χ4v) is 1.45. The van der Waals surface area contributed by atoms with Crippen LogP contribution in [0.15, 0.2) is 0 Å². The van der Waals surface area contributed by atoms with E-state index in [0.717, 1.165) is 0 Å². The van der Waals surface area contributed by atoms with E-state index in [9.17, 15) is 9.59 Å². The highest BCUT2D eigenvalue weighted by Crippen LogP contribution is 2.34. The van der Waals surface area contributed by atoms with Gasteiger partial charge in [-0.3, -0.25) is 9.59 Å². The Hall–Kier alpha value is -0.860. The molecule has 0 saturated heterocycles. The van der Waals surface area contributed by atoms with Crippen LogP contribution in [0.3, 0.4) is 0 Å². The summed E-state index contributed by atoms with van der Waals surface area (Å²) < 4.78 is 5.44. The van der Waals surface area contributed by atoms with E-state index >= 15 is 0 Å². The second-order valence-corrected chi connectivity index (χ2v) is 8.00. The van der Waals surface area contributed by atoms with Crippen LogP contribution in [0.1, 0.15) is 68.7 Å². The summed E-state index contributed by atoms with van der Waals surface area (Å²) in [6.07, 6.45) is 0.399. The van der Waals surface area contributed by atoms with Crippen molar-refractivity contribution in [1.82, 2.24) is 0 Å². The molecule has 0 saturated carbocycles. The van der Waals surface area contributed by atoms with Gasteiger partial charge in [0.1, 0.15) is 11.4 Å². The number of hydrogen-bond acceptors (Lipinski definition) is 3. The number of carbonyl (C=O) groups is 2. The summed E-state index contributed by atoms with van der Waals surface area (Å²) in [5.74, 6) is -0.111. The molecule has 0 heterocycles. The lowest BCUT2D eigenvalue weighted by Gasteiger charge is -2.33. The van der Waals surface area contributed by atoms with Crippen LogP contribution in [-0.2, 0) is 14.3 Å². The number of ketones is 1. The third kappa shape index (κ3) is 5.75. The first-order valence-electron chi connectivity index (χ1n) is 6.94. The van der Waals surface area contributed by atoms with Gasteiger partial charge in [-0.15, -0.1) is 0 Å². The summed E-state index contributed by atoms with van der Waals surface area (Å²) in [4.78, 5) is 24.3.